The van der Waals surface area contributed by atoms with Crippen molar-refractivity contribution < 1.29 is 0 Å². The molecule has 0 amide bonds. The van der Waals surface area contributed by atoms with Gasteiger partial charge in [-0.15, -0.1) is 0 Å². The van der Waals surface area contributed by atoms with Crippen molar-refractivity contribution in [3.63, 3.8) is 0 Å². The summed E-state index contributed by atoms with van der Waals surface area (Å²) >= 11 is 6.53. The fourth-order valence-corrected chi connectivity index (χ4v) is 3.40. The third kappa shape index (κ3) is 2.28. The van der Waals surface area contributed by atoms with Crippen molar-refractivity contribution in [3.05, 3.63) is 67.7 Å². The Kier molecular flexibility index (Phi) is 3.69. The molecule has 0 unspecified atom stereocenters. The van der Waals surface area contributed by atoms with Crippen LogP contribution in [0, 0.1) is 6.92 Å². The highest BCUT2D eigenvalue weighted by atomic mass is 35.5. The van der Waals surface area contributed by atoms with Crippen molar-refractivity contribution in [2.24, 2.45) is 14.1 Å². The number of halogens is 1. The van der Waals surface area contributed by atoms with E-state index in [1.165, 1.54) is 17.9 Å². The molecule has 0 atom stereocenters. The molecule has 0 saturated carbocycles. The second-order valence-electron chi connectivity index (χ2n) is 6.27. The van der Waals surface area contributed by atoms with Crippen LogP contribution in [-0.2, 0) is 20.6 Å². The minimum absolute atomic E-state index is 0.286. The van der Waals surface area contributed by atoms with Crippen LogP contribution in [0.15, 0.2) is 40.2 Å². The maximum atomic E-state index is 12.6. The zero-order valence-corrected chi connectivity index (χ0v) is 15.3. The predicted molar refractivity (Wildman–Crippen MR) is 101 cm³/mol. The number of imidazole rings is 1. The van der Waals surface area contributed by atoms with Crippen molar-refractivity contribution in [2.75, 3.05) is 0 Å². The molecule has 0 aliphatic heterocycles. The molecule has 0 radical (unpaired) electrons. The van der Waals surface area contributed by atoms with Gasteiger partial charge < -0.3 is 4.57 Å². The van der Waals surface area contributed by atoms with Gasteiger partial charge in [0, 0.05) is 19.5 Å². The Hall–Kier alpha value is -2.93. The third-order valence-electron chi connectivity index (χ3n) is 4.68. The van der Waals surface area contributed by atoms with Crippen LogP contribution in [0.25, 0.3) is 22.1 Å². The van der Waals surface area contributed by atoms with Gasteiger partial charge in [0.25, 0.3) is 5.56 Å². The first-order valence-electron chi connectivity index (χ1n) is 8.04. The molecular formula is C18H16ClN5O2. The van der Waals surface area contributed by atoms with Gasteiger partial charge in [-0.2, -0.15) is 0 Å². The number of rotatable bonds is 2. The summed E-state index contributed by atoms with van der Waals surface area (Å²) in [5.41, 5.74) is 2.31. The van der Waals surface area contributed by atoms with Crippen LogP contribution in [-0.4, -0.2) is 23.7 Å². The number of aromatic nitrogens is 5. The summed E-state index contributed by atoms with van der Waals surface area (Å²) in [6, 6.07) is 7.77. The van der Waals surface area contributed by atoms with Crippen LogP contribution < -0.4 is 11.2 Å². The Morgan fingerprint density at radius 1 is 1.12 bits per heavy atom. The van der Waals surface area contributed by atoms with Crippen molar-refractivity contribution in [1.82, 2.24) is 23.7 Å². The second kappa shape index (κ2) is 5.81. The number of hydrogen-bond donors (Lipinski definition) is 0. The van der Waals surface area contributed by atoms with Crippen LogP contribution in [0.2, 0.25) is 5.02 Å². The second-order valence-corrected chi connectivity index (χ2v) is 6.64. The molecule has 0 aliphatic rings. The van der Waals surface area contributed by atoms with Crippen LogP contribution in [0.3, 0.4) is 0 Å². The molecule has 132 valence electrons. The van der Waals surface area contributed by atoms with E-state index in [2.05, 4.69) is 9.97 Å². The first-order valence-corrected chi connectivity index (χ1v) is 8.42. The highest BCUT2D eigenvalue weighted by molar-refractivity contribution is 6.32. The van der Waals surface area contributed by atoms with E-state index in [1.807, 2.05) is 31.2 Å². The Morgan fingerprint density at radius 3 is 2.62 bits per heavy atom. The van der Waals surface area contributed by atoms with Gasteiger partial charge in [0.2, 0.25) is 0 Å². The monoisotopic (exact) mass is 369 g/mol. The van der Waals surface area contributed by atoms with Crippen molar-refractivity contribution in [2.45, 2.75) is 13.5 Å². The number of para-hydroxylation sites is 1. The summed E-state index contributed by atoms with van der Waals surface area (Å²) in [6.07, 6.45) is 1.54. The average Bonchev–Trinajstić information content (AvgIpc) is 3.06. The van der Waals surface area contributed by atoms with Gasteiger partial charge in [-0.05, 0) is 18.6 Å². The molecule has 1 aromatic carbocycles. The highest BCUT2D eigenvalue weighted by Gasteiger charge is 2.17. The number of hydrogen-bond acceptors (Lipinski definition) is 4. The molecule has 0 spiro atoms. The Labute approximate surface area is 153 Å². The van der Waals surface area contributed by atoms with Gasteiger partial charge in [-0.1, -0.05) is 29.8 Å². The number of pyridine rings is 1. The van der Waals surface area contributed by atoms with Gasteiger partial charge >= 0.3 is 5.69 Å². The molecular weight excluding hydrogens is 354 g/mol. The summed E-state index contributed by atoms with van der Waals surface area (Å²) < 4.78 is 4.11. The Balaban J connectivity index is 1.94. The number of aryl methyl sites for hydroxylation is 2. The average molecular weight is 370 g/mol. The van der Waals surface area contributed by atoms with E-state index in [4.69, 9.17) is 11.6 Å². The molecule has 0 fully saturated rings. The minimum Gasteiger partial charge on any atom is -0.319 e. The maximum absolute atomic E-state index is 12.6. The summed E-state index contributed by atoms with van der Waals surface area (Å²) in [5, 5.41) is 1.56. The van der Waals surface area contributed by atoms with Crippen LogP contribution in [0.1, 0.15) is 11.3 Å². The van der Waals surface area contributed by atoms with E-state index in [9.17, 15) is 9.59 Å². The molecule has 3 heterocycles. The van der Waals surface area contributed by atoms with Crippen molar-refractivity contribution in [1.29, 1.82) is 0 Å². The lowest BCUT2D eigenvalue weighted by Crippen LogP contribution is -2.37. The topological polar surface area (TPSA) is 74.7 Å². The number of nitrogens with zero attached hydrogens (tertiary/aromatic N) is 5. The quantitative estimate of drug-likeness (QED) is 0.541. The van der Waals surface area contributed by atoms with E-state index in [1.54, 1.807) is 11.6 Å². The highest BCUT2D eigenvalue weighted by Crippen LogP contribution is 2.27. The molecule has 4 aromatic rings. The van der Waals surface area contributed by atoms with Crippen LogP contribution >= 0.6 is 11.6 Å². The molecule has 7 nitrogen and oxygen atoms in total. The molecule has 4 rings (SSSR count). The molecule has 0 saturated heterocycles. The van der Waals surface area contributed by atoms with E-state index in [-0.39, 0.29) is 6.54 Å². The van der Waals surface area contributed by atoms with Crippen molar-refractivity contribution >= 4 is 33.7 Å². The number of fused-ring (bicyclic) bond motifs is 2. The maximum Gasteiger partial charge on any atom is 0.332 e. The van der Waals surface area contributed by atoms with Crippen molar-refractivity contribution in [3.8, 4) is 0 Å². The van der Waals surface area contributed by atoms with E-state index < -0.39 is 11.2 Å². The summed E-state index contributed by atoms with van der Waals surface area (Å²) in [7, 11) is 3.04. The standard InChI is InChI=1S/C18H16ClN5O2/c1-10-11-6-4-5-7-12(11)21-13(14(10)19)8-24-9-20-16-15(24)17(25)23(3)18(26)22(16)2/h4-7,9H,8H2,1-3H3. The summed E-state index contributed by atoms with van der Waals surface area (Å²) in [6.45, 7) is 2.24. The molecule has 0 N–H and O–H groups in total. The Bertz CT molecular complexity index is 1300. The molecule has 8 heteroatoms. The van der Waals surface area contributed by atoms with Gasteiger partial charge in [-0.25, -0.2) is 14.8 Å². The molecule has 3 aromatic heterocycles. The number of benzene rings is 1. The third-order valence-corrected chi connectivity index (χ3v) is 5.18. The largest absolute Gasteiger partial charge is 0.332 e. The molecule has 0 aliphatic carbocycles. The predicted octanol–water partition coefficient (Wildman–Crippen LogP) is 1.99. The Morgan fingerprint density at radius 2 is 1.85 bits per heavy atom. The van der Waals surface area contributed by atoms with Gasteiger partial charge in [0.05, 0.1) is 29.1 Å². The van der Waals surface area contributed by atoms with Gasteiger partial charge in [0.1, 0.15) is 0 Å². The first kappa shape index (κ1) is 16.5. The van der Waals surface area contributed by atoms with Crippen LogP contribution in [0.4, 0.5) is 0 Å². The first-order chi connectivity index (χ1) is 12.4. The fraction of sp³-hybridized carbons (Fsp3) is 0.222. The zero-order valence-electron chi connectivity index (χ0n) is 14.5. The lowest BCUT2D eigenvalue weighted by atomic mass is 10.1. The SMILES string of the molecule is Cc1c(Cl)c(Cn2cnc3c2c(=O)n(C)c(=O)n3C)nc2ccccc12. The van der Waals surface area contributed by atoms with E-state index >= 15 is 0 Å². The molecule has 26 heavy (non-hydrogen) atoms. The molecule has 0 bridgehead atoms. The fourth-order valence-electron chi connectivity index (χ4n) is 3.20. The minimum atomic E-state index is -0.412. The van der Waals surface area contributed by atoms with Gasteiger partial charge in [0.15, 0.2) is 11.2 Å². The lowest BCUT2D eigenvalue weighted by molar-refractivity contribution is 0.701. The van der Waals surface area contributed by atoms with E-state index in [0.29, 0.717) is 21.9 Å². The zero-order chi connectivity index (χ0) is 18.6. The summed E-state index contributed by atoms with van der Waals surface area (Å²) in [4.78, 5) is 33.5. The van der Waals surface area contributed by atoms with Gasteiger partial charge in [-0.3, -0.25) is 13.9 Å². The normalized spacial score (nSPS) is 11.5. The lowest BCUT2D eigenvalue weighted by Gasteiger charge is -2.11. The summed E-state index contributed by atoms with van der Waals surface area (Å²) in [5.74, 6) is 0. The van der Waals surface area contributed by atoms with E-state index in [0.717, 1.165) is 21.0 Å². The van der Waals surface area contributed by atoms with Crippen LogP contribution in [0.5, 0.6) is 0 Å². The smallest absolute Gasteiger partial charge is 0.319 e.